The molecule has 1 fully saturated rings. The molecule has 1 saturated carbocycles. The molecule has 2 rings (SSSR count). The molecular weight excluding hydrogens is 210 g/mol. The van der Waals surface area contributed by atoms with Gasteiger partial charge in [0.25, 0.3) is 0 Å². The largest absolute Gasteiger partial charge is 0.384 e. The number of nitrogens with zero attached hydrogens (tertiary/aromatic N) is 2. The van der Waals surface area contributed by atoms with Gasteiger partial charge in [0.2, 0.25) is 0 Å². The molecular formula is C14H23N3. The van der Waals surface area contributed by atoms with E-state index in [0.29, 0.717) is 5.82 Å². The third kappa shape index (κ3) is 4.00. The maximum absolute atomic E-state index is 5.69. The van der Waals surface area contributed by atoms with Gasteiger partial charge in [-0.05, 0) is 37.9 Å². The normalized spacial score (nSPS) is 17.5. The van der Waals surface area contributed by atoms with Crippen LogP contribution in [-0.4, -0.2) is 23.5 Å². The van der Waals surface area contributed by atoms with Gasteiger partial charge >= 0.3 is 0 Å². The lowest BCUT2D eigenvalue weighted by Crippen LogP contribution is -2.27. The number of nitrogen functional groups attached to an aromatic ring is 1. The van der Waals surface area contributed by atoms with E-state index in [4.69, 9.17) is 5.73 Å². The Morgan fingerprint density at radius 1 is 1.29 bits per heavy atom. The van der Waals surface area contributed by atoms with Gasteiger partial charge in [-0.25, -0.2) is 4.98 Å². The Bertz CT molecular complexity index is 345. The van der Waals surface area contributed by atoms with Crippen molar-refractivity contribution in [2.45, 2.75) is 38.6 Å². The van der Waals surface area contributed by atoms with Gasteiger partial charge in [-0.2, -0.15) is 0 Å². The first-order valence-electron chi connectivity index (χ1n) is 6.64. The lowest BCUT2D eigenvalue weighted by molar-refractivity contribution is 0.226. The highest BCUT2D eigenvalue weighted by Crippen LogP contribution is 2.24. The fraction of sp³-hybridized carbons (Fsp3) is 0.643. The molecule has 1 aliphatic carbocycles. The fourth-order valence-corrected chi connectivity index (χ4v) is 2.74. The van der Waals surface area contributed by atoms with Crippen LogP contribution in [0.3, 0.4) is 0 Å². The molecule has 1 heterocycles. The molecule has 0 radical (unpaired) electrons. The topological polar surface area (TPSA) is 42.1 Å². The molecule has 0 unspecified atom stereocenters. The van der Waals surface area contributed by atoms with Crippen LogP contribution in [0.1, 0.15) is 37.8 Å². The van der Waals surface area contributed by atoms with E-state index < -0.39 is 0 Å². The summed E-state index contributed by atoms with van der Waals surface area (Å²) in [6.45, 7) is 2.10. The van der Waals surface area contributed by atoms with E-state index >= 15 is 0 Å². The van der Waals surface area contributed by atoms with Gasteiger partial charge in [-0.15, -0.1) is 0 Å². The highest BCUT2D eigenvalue weighted by Gasteiger charge is 2.15. The quantitative estimate of drug-likeness (QED) is 0.869. The van der Waals surface area contributed by atoms with Crippen LogP contribution in [-0.2, 0) is 6.54 Å². The lowest BCUT2D eigenvalue weighted by Gasteiger charge is -2.26. The minimum absolute atomic E-state index is 0.619. The third-order valence-corrected chi connectivity index (χ3v) is 3.55. The Kier molecular flexibility index (Phi) is 4.37. The summed E-state index contributed by atoms with van der Waals surface area (Å²) in [6, 6.07) is 5.87. The SMILES string of the molecule is CN(Cc1cccc(N)n1)CC1CCCCC1. The number of anilines is 1. The predicted molar refractivity (Wildman–Crippen MR) is 71.6 cm³/mol. The lowest BCUT2D eigenvalue weighted by atomic mass is 9.89. The molecule has 3 nitrogen and oxygen atoms in total. The Morgan fingerprint density at radius 3 is 2.76 bits per heavy atom. The zero-order chi connectivity index (χ0) is 12.1. The average Bonchev–Trinajstić information content (AvgIpc) is 2.30. The van der Waals surface area contributed by atoms with Crippen LogP contribution in [0, 0.1) is 5.92 Å². The van der Waals surface area contributed by atoms with Crippen molar-refractivity contribution in [3.05, 3.63) is 23.9 Å². The predicted octanol–water partition coefficient (Wildman–Crippen LogP) is 2.68. The molecule has 0 atom stereocenters. The first kappa shape index (κ1) is 12.4. The van der Waals surface area contributed by atoms with Gasteiger partial charge < -0.3 is 10.6 Å². The van der Waals surface area contributed by atoms with E-state index in [1.165, 1.54) is 38.6 Å². The summed E-state index contributed by atoms with van der Waals surface area (Å²) in [4.78, 5) is 6.72. The molecule has 1 aromatic rings. The molecule has 0 spiro atoms. The van der Waals surface area contributed by atoms with Crippen molar-refractivity contribution >= 4 is 5.82 Å². The molecule has 1 aromatic heterocycles. The van der Waals surface area contributed by atoms with Crippen LogP contribution in [0.2, 0.25) is 0 Å². The molecule has 0 aliphatic heterocycles. The molecule has 0 saturated heterocycles. The maximum atomic E-state index is 5.69. The average molecular weight is 233 g/mol. The summed E-state index contributed by atoms with van der Waals surface area (Å²) in [5, 5.41) is 0. The molecule has 0 amide bonds. The summed E-state index contributed by atoms with van der Waals surface area (Å²) < 4.78 is 0. The summed E-state index contributed by atoms with van der Waals surface area (Å²) >= 11 is 0. The fourth-order valence-electron chi connectivity index (χ4n) is 2.74. The molecule has 94 valence electrons. The number of hydrogen-bond donors (Lipinski definition) is 1. The number of aromatic nitrogens is 1. The van der Waals surface area contributed by atoms with E-state index in [0.717, 1.165) is 18.2 Å². The minimum atomic E-state index is 0.619. The Balaban J connectivity index is 1.82. The van der Waals surface area contributed by atoms with Crippen molar-refractivity contribution in [3.63, 3.8) is 0 Å². The van der Waals surface area contributed by atoms with Gasteiger partial charge in [0, 0.05) is 13.1 Å². The van der Waals surface area contributed by atoms with E-state index in [1.54, 1.807) is 0 Å². The number of hydrogen-bond acceptors (Lipinski definition) is 3. The van der Waals surface area contributed by atoms with Crippen LogP contribution >= 0.6 is 0 Å². The zero-order valence-corrected chi connectivity index (χ0v) is 10.7. The van der Waals surface area contributed by atoms with Crippen molar-refractivity contribution < 1.29 is 0 Å². The van der Waals surface area contributed by atoms with Crippen molar-refractivity contribution in [2.24, 2.45) is 5.92 Å². The number of nitrogens with two attached hydrogens (primary N) is 1. The second-order valence-corrected chi connectivity index (χ2v) is 5.25. The zero-order valence-electron chi connectivity index (χ0n) is 10.7. The maximum Gasteiger partial charge on any atom is 0.123 e. The number of rotatable bonds is 4. The highest BCUT2D eigenvalue weighted by atomic mass is 15.1. The summed E-state index contributed by atoms with van der Waals surface area (Å²) in [5.41, 5.74) is 6.76. The van der Waals surface area contributed by atoms with E-state index in [-0.39, 0.29) is 0 Å². The van der Waals surface area contributed by atoms with Crippen LogP contribution in [0.25, 0.3) is 0 Å². The Hall–Kier alpha value is -1.09. The smallest absolute Gasteiger partial charge is 0.123 e. The third-order valence-electron chi connectivity index (χ3n) is 3.55. The Labute approximate surface area is 104 Å². The highest BCUT2D eigenvalue weighted by molar-refractivity contribution is 5.28. The molecule has 0 aromatic carbocycles. The van der Waals surface area contributed by atoms with Crippen LogP contribution < -0.4 is 5.73 Å². The standard InChI is InChI=1S/C14H23N3/c1-17(10-12-6-3-2-4-7-12)11-13-8-5-9-14(15)16-13/h5,8-9,12H,2-4,6-7,10-11H2,1H3,(H2,15,16). The van der Waals surface area contributed by atoms with Gasteiger partial charge in [-0.1, -0.05) is 25.3 Å². The van der Waals surface area contributed by atoms with Crippen molar-refractivity contribution in [3.8, 4) is 0 Å². The molecule has 0 bridgehead atoms. The van der Waals surface area contributed by atoms with Gasteiger partial charge in [0.15, 0.2) is 0 Å². The van der Waals surface area contributed by atoms with Gasteiger partial charge in [-0.3, -0.25) is 0 Å². The molecule has 2 N–H and O–H groups in total. The number of pyridine rings is 1. The molecule has 3 heteroatoms. The van der Waals surface area contributed by atoms with Crippen molar-refractivity contribution in [1.82, 2.24) is 9.88 Å². The second kappa shape index (κ2) is 6.01. The van der Waals surface area contributed by atoms with Crippen molar-refractivity contribution in [2.75, 3.05) is 19.3 Å². The summed E-state index contributed by atoms with van der Waals surface area (Å²) in [6.07, 6.45) is 7.05. The van der Waals surface area contributed by atoms with E-state index in [1.807, 2.05) is 18.2 Å². The monoisotopic (exact) mass is 233 g/mol. The summed E-state index contributed by atoms with van der Waals surface area (Å²) in [7, 11) is 2.18. The summed E-state index contributed by atoms with van der Waals surface area (Å²) in [5.74, 6) is 1.50. The second-order valence-electron chi connectivity index (χ2n) is 5.25. The van der Waals surface area contributed by atoms with Crippen LogP contribution in [0.5, 0.6) is 0 Å². The van der Waals surface area contributed by atoms with Gasteiger partial charge in [0.1, 0.15) is 5.82 Å². The Morgan fingerprint density at radius 2 is 2.06 bits per heavy atom. The molecule has 17 heavy (non-hydrogen) atoms. The first-order chi connectivity index (χ1) is 8.24. The molecule has 1 aliphatic rings. The first-order valence-corrected chi connectivity index (χ1v) is 6.64. The minimum Gasteiger partial charge on any atom is -0.384 e. The van der Waals surface area contributed by atoms with Crippen LogP contribution in [0.15, 0.2) is 18.2 Å². The van der Waals surface area contributed by atoms with Gasteiger partial charge in [0.05, 0.1) is 5.69 Å². The van der Waals surface area contributed by atoms with Crippen LogP contribution in [0.4, 0.5) is 5.82 Å². The van der Waals surface area contributed by atoms with E-state index in [2.05, 4.69) is 16.9 Å². The van der Waals surface area contributed by atoms with Crippen molar-refractivity contribution in [1.29, 1.82) is 0 Å². The van der Waals surface area contributed by atoms with E-state index in [9.17, 15) is 0 Å².